The summed E-state index contributed by atoms with van der Waals surface area (Å²) in [6.45, 7) is 5.22. The Morgan fingerprint density at radius 2 is 1.82 bits per heavy atom. The molecule has 3 fully saturated rings. The lowest BCUT2D eigenvalue weighted by Gasteiger charge is -2.61. The molecular weight excluding hydrogens is 428 g/mol. The van der Waals surface area contributed by atoms with Gasteiger partial charge in [0.2, 0.25) is 18.5 Å². The van der Waals surface area contributed by atoms with Crippen molar-refractivity contribution in [2.45, 2.75) is 65.0 Å². The van der Waals surface area contributed by atoms with E-state index in [0.717, 1.165) is 38.5 Å². The first kappa shape index (κ1) is 22.3. The highest BCUT2D eigenvalue weighted by Gasteiger charge is 2.66. The van der Waals surface area contributed by atoms with E-state index in [1.54, 1.807) is 0 Å². The lowest BCUT2D eigenvalue weighted by atomic mass is 9.47. The second-order valence-electron chi connectivity index (χ2n) is 12.1. The van der Waals surface area contributed by atoms with Crippen molar-refractivity contribution >= 4 is 11.8 Å². The van der Waals surface area contributed by atoms with Crippen molar-refractivity contribution < 1.29 is 23.6 Å². The number of carbonyl (C=O) groups is 2. The summed E-state index contributed by atoms with van der Waals surface area (Å²) in [4.78, 5) is 32.5. The maximum absolute atomic E-state index is 14.0. The van der Waals surface area contributed by atoms with Gasteiger partial charge in [0.1, 0.15) is 12.6 Å². The van der Waals surface area contributed by atoms with Gasteiger partial charge in [-0.2, -0.15) is 0 Å². The lowest BCUT2D eigenvalue weighted by Crippen LogP contribution is -2.68. The minimum Gasteiger partial charge on any atom is -0.456 e. The molecule has 0 radical (unpaired) electrons. The molecule has 1 aromatic rings. The van der Waals surface area contributed by atoms with Crippen molar-refractivity contribution in [3.8, 4) is 0 Å². The quantitative estimate of drug-likeness (QED) is 0.661. The third-order valence-corrected chi connectivity index (χ3v) is 10.6. The average Bonchev–Trinajstić information content (AvgIpc) is 3.17. The highest BCUT2D eigenvalue weighted by Crippen LogP contribution is 2.66. The van der Waals surface area contributed by atoms with Crippen molar-refractivity contribution in [3.05, 3.63) is 47.7 Å². The molecule has 1 N–H and O–H groups in total. The molecule has 1 aromatic carbocycles. The van der Waals surface area contributed by atoms with Gasteiger partial charge in [-0.3, -0.25) is 4.79 Å². The van der Waals surface area contributed by atoms with E-state index in [1.165, 1.54) is 5.56 Å². The van der Waals surface area contributed by atoms with Crippen LogP contribution in [0.2, 0.25) is 0 Å². The maximum atomic E-state index is 14.0. The molecule has 6 nitrogen and oxygen atoms in total. The van der Waals surface area contributed by atoms with Gasteiger partial charge in [-0.15, -0.1) is 0 Å². The molecule has 7 bridgehead atoms. The van der Waals surface area contributed by atoms with E-state index in [4.69, 9.17) is 9.57 Å². The summed E-state index contributed by atoms with van der Waals surface area (Å²) in [5.41, 5.74) is 3.70. The SMILES string of the molecule is C[C@@]12CCC3[C@H]4CC[C@@H]5[C@]3(C)C=C(OCONC(=O)[C@H]1CC[C@@H]42)C(=O)[N+]5(C)Cc1ccccc1. The zero-order chi connectivity index (χ0) is 23.7. The van der Waals surface area contributed by atoms with Crippen LogP contribution in [0.25, 0.3) is 0 Å². The molecule has 0 spiro atoms. The number of nitrogens with zero attached hydrogens (tertiary/aromatic N) is 1. The fraction of sp³-hybridized carbons (Fsp3) is 0.643. The number of rotatable bonds is 2. The van der Waals surface area contributed by atoms with Gasteiger partial charge in [-0.05, 0) is 68.3 Å². The van der Waals surface area contributed by atoms with Gasteiger partial charge in [0.15, 0.2) is 0 Å². The summed E-state index contributed by atoms with van der Waals surface area (Å²) in [7, 11) is 2.11. The lowest BCUT2D eigenvalue weighted by molar-refractivity contribution is -0.884. The summed E-state index contributed by atoms with van der Waals surface area (Å²) in [6, 6.07) is 10.6. The molecule has 2 amide bonds. The van der Waals surface area contributed by atoms with Crippen LogP contribution in [0.4, 0.5) is 0 Å². The molecule has 3 aliphatic carbocycles. The van der Waals surface area contributed by atoms with Gasteiger partial charge in [0, 0.05) is 23.3 Å². The fourth-order valence-corrected chi connectivity index (χ4v) is 9.15. The molecule has 2 unspecified atom stereocenters. The minimum atomic E-state index is -0.156. The van der Waals surface area contributed by atoms with E-state index in [-0.39, 0.29) is 41.4 Å². The first-order chi connectivity index (χ1) is 16.3. The molecule has 3 aliphatic heterocycles. The van der Waals surface area contributed by atoms with Crippen LogP contribution in [-0.4, -0.2) is 36.2 Å². The van der Waals surface area contributed by atoms with Gasteiger partial charge in [-0.1, -0.05) is 37.3 Å². The third-order valence-electron chi connectivity index (χ3n) is 10.6. The van der Waals surface area contributed by atoms with Gasteiger partial charge >= 0.3 is 5.91 Å². The Labute approximate surface area is 202 Å². The van der Waals surface area contributed by atoms with Crippen LogP contribution < -0.4 is 5.48 Å². The summed E-state index contributed by atoms with van der Waals surface area (Å²) in [6.07, 6.45) is 8.51. The van der Waals surface area contributed by atoms with Gasteiger partial charge in [0.25, 0.3) is 0 Å². The topological polar surface area (TPSA) is 64.6 Å². The standard InChI is InChI=1S/C28H36N2O4/c1-27-14-13-21-19-9-12-24-28(21,2)15-23(26(32)30(24,3)16-18-7-5-4-6-8-18)33-17-34-29-25(31)22(27)11-10-20(19)27/h4-8,15,19-22,24H,9-14,16-17H2,1-3H3/p+1/t19-,20-,21?,22+,24+,27-,28+,30?/m0/s1. The van der Waals surface area contributed by atoms with Crippen LogP contribution in [0.15, 0.2) is 42.2 Å². The first-order valence-electron chi connectivity index (χ1n) is 13.0. The van der Waals surface area contributed by atoms with Crippen molar-refractivity contribution in [1.82, 2.24) is 5.48 Å². The molecule has 0 saturated heterocycles. The van der Waals surface area contributed by atoms with Gasteiger partial charge in [0.05, 0.1) is 7.05 Å². The van der Waals surface area contributed by atoms with Crippen molar-refractivity contribution in [3.63, 3.8) is 0 Å². The number of quaternary nitrogens is 1. The Hall–Kier alpha value is -2.18. The molecule has 0 aromatic heterocycles. The van der Waals surface area contributed by atoms with Crippen LogP contribution in [0.3, 0.4) is 0 Å². The fourth-order valence-electron chi connectivity index (χ4n) is 9.15. The first-order valence-corrected chi connectivity index (χ1v) is 13.0. The molecule has 3 saturated carbocycles. The van der Waals surface area contributed by atoms with E-state index in [9.17, 15) is 9.59 Å². The number of fused-ring (bicyclic) bond motifs is 5. The molecule has 182 valence electrons. The number of ether oxygens (including phenoxy) is 1. The van der Waals surface area contributed by atoms with Crippen LogP contribution >= 0.6 is 0 Å². The third kappa shape index (κ3) is 3.00. The zero-order valence-electron chi connectivity index (χ0n) is 20.6. The highest BCUT2D eigenvalue weighted by molar-refractivity contribution is 5.87. The normalized spacial score (nSPS) is 45.5. The number of hydrogen-bond donors (Lipinski definition) is 1. The molecule has 8 atom stereocenters. The highest BCUT2D eigenvalue weighted by atomic mass is 16.8. The Kier molecular flexibility index (Phi) is 5.02. The second kappa shape index (κ2) is 7.66. The van der Waals surface area contributed by atoms with E-state index in [0.29, 0.717) is 34.5 Å². The van der Waals surface area contributed by atoms with Gasteiger partial charge < -0.3 is 4.74 Å². The largest absolute Gasteiger partial charge is 0.456 e. The average molecular weight is 466 g/mol. The smallest absolute Gasteiger partial charge is 0.380 e. The Morgan fingerprint density at radius 1 is 1.03 bits per heavy atom. The van der Waals surface area contributed by atoms with E-state index >= 15 is 0 Å². The van der Waals surface area contributed by atoms with Crippen molar-refractivity contribution in [2.24, 2.45) is 34.5 Å². The number of hydrogen-bond acceptors (Lipinski definition) is 4. The molecule has 6 heteroatoms. The Morgan fingerprint density at radius 3 is 2.62 bits per heavy atom. The molecule has 3 heterocycles. The number of hydroxylamine groups is 1. The van der Waals surface area contributed by atoms with Crippen molar-refractivity contribution in [2.75, 3.05) is 13.8 Å². The summed E-state index contributed by atoms with van der Waals surface area (Å²) >= 11 is 0. The summed E-state index contributed by atoms with van der Waals surface area (Å²) in [5.74, 6) is 1.98. The maximum Gasteiger partial charge on any atom is 0.380 e. The predicted molar refractivity (Wildman–Crippen MR) is 126 cm³/mol. The van der Waals surface area contributed by atoms with E-state index in [1.807, 2.05) is 18.2 Å². The second-order valence-corrected chi connectivity index (χ2v) is 12.1. The van der Waals surface area contributed by atoms with E-state index < -0.39 is 0 Å². The molecule has 34 heavy (non-hydrogen) atoms. The zero-order valence-corrected chi connectivity index (χ0v) is 20.6. The Bertz CT molecular complexity index is 1040. The number of amides is 2. The Balaban J connectivity index is 1.46. The summed E-state index contributed by atoms with van der Waals surface area (Å²) in [5, 5.41) is 0. The number of nitrogens with one attached hydrogen (secondary N) is 1. The van der Waals surface area contributed by atoms with Crippen molar-refractivity contribution in [1.29, 1.82) is 0 Å². The number of benzene rings is 1. The predicted octanol–water partition coefficient (Wildman–Crippen LogP) is 4.32. The number of carbonyl (C=O) groups excluding carboxylic acids is 2. The molecule has 7 rings (SSSR count). The van der Waals surface area contributed by atoms with Crippen LogP contribution in [-0.2, 0) is 25.7 Å². The molecular formula is C28H37N2O4+. The molecule has 6 aliphatic rings. The monoisotopic (exact) mass is 465 g/mol. The van der Waals surface area contributed by atoms with Crippen LogP contribution in [0, 0.1) is 34.5 Å². The summed E-state index contributed by atoms with van der Waals surface area (Å²) < 4.78 is 6.29. The number of likely N-dealkylation sites (N-methyl/N-ethyl adjacent to an activating group) is 1. The van der Waals surface area contributed by atoms with Crippen LogP contribution in [0.5, 0.6) is 0 Å². The van der Waals surface area contributed by atoms with E-state index in [2.05, 4.69) is 44.6 Å². The van der Waals surface area contributed by atoms with Gasteiger partial charge in [-0.25, -0.2) is 19.6 Å². The minimum absolute atomic E-state index is 0.0109. The van der Waals surface area contributed by atoms with Crippen LogP contribution in [0.1, 0.15) is 57.9 Å².